The summed E-state index contributed by atoms with van der Waals surface area (Å²) in [5.74, 6) is -2.70. The first-order valence-corrected chi connectivity index (χ1v) is 10.9. The Morgan fingerprint density at radius 2 is 1.65 bits per heavy atom. The fourth-order valence-corrected chi connectivity index (χ4v) is 4.00. The van der Waals surface area contributed by atoms with Gasteiger partial charge in [-0.2, -0.15) is 4.39 Å². The molecule has 31 heavy (non-hydrogen) atoms. The van der Waals surface area contributed by atoms with Gasteiger partial charge in [-0.05, 0) is 54.7 Å². The van der Waals surface area contributed by atoms with E-state index >= 15 is 0 Å². The maximum absolute atomic E-state index is 14.4. The van der Waals surface area contributed by atoms with Crippen LogP contribution in [0.4, 0.5) is 13.2 Å². The molecule has 3 rings (SSSR count). The molecule has 0 aliphatic heterocycles. The molecule has 0 aliphatic rings. The van der Waals surface area contributed by atoms with Crippen molar-refractivity contribution in [3.8, 4) is 16.9 Å². The van der Waals surface area contributed by atoms with Crippen molar-refractivity contribution in [2.24, 2.45) is 0 Å². The highest BCUT2D eigenvalue weighted by Gasteiger charge is 2.17. The van der Waals surface area contributed by atoms with Crippen LogP contribution < -0.4 is 4.74 Å². The summed E-state index contributed by atoms with van der Waals surface area (Å²) in [6, 6.07) is 11.4. The van der Waals surface area contributed by atoms with Crippen molar-refractivity contribution in [1.82, 2.24) is 0 Å². The SMILES string of the molecule is CCOC(=O)CCc1cc(F)c(OCc2sc(F)cc2-c2ccc(CC)cc2)c(F)c1. The molecule has 164 valence electrons. The molecule has 3 aromatic rings. The lowest BCUT2D eigenvalue weighted by Crippen LogP contribution is -2.06. The number of halogens is 3. The average Bonchev–Trinajstić information content (AvgIpc) is 3.12. The van der Waals surface area contributed by atoms with E-state index in [1.54, 1.807) is 6.92 Å². The van der Waals surface area contributed by atoms with Crippen molar-refractivity contribution in [2.75, 3.05) is 6.61 Å². The molecule has 0 fully saturated rings. The Kier molecular flexibility index (Phi) is 7.74. The number of ether oxygens (including phenoxy) is 2. The smallest absolute Gasteiger partial charge is 0.306 e. The van der Waals surface area contributed by atoms with Crippen molar-refractivity contribution >= 4 is 17.3 Å². The van der Waals surface area contributed by atoms with Gasteiger partial charge < -0.3 is 9.47 Å². The highest BCUT2D eigenvalue weighted by Crippen LogP contribution is 2.33. The van der Waals surface area contributed by atoms with E-state index in [4.69, 9.17) is 9.47 Å². The van der Waals surface area contributed by atoms with Crippen LogP contribution in [-0.2, 0) is 29.0 Å². The van der Waals surface area contributed by atoms with Gasteiger partial charge >= 0.3 is 5.97 Å². The van der Waals surface area contributed by atoms with Crippen molar-refractivity contribution in [3.05, 3.63) is 75.2 Å². The number of benzene rings is 2. The quantitative estimate of drug-likeness (QED) is 0.352. The lowest BCUT2D eigenvalue weighted by Gasteiger charge is -2.11. The molecule has 0 saturated carbocycles. The molecule has 1 heterocycles. The third kappa shape index (κ3) is 5.88. The molecule has 0 radical (unpaired) electrons. The van der Waals surface area contributed by atoms with Crippen LogP contribution in [0.3, 0.4) is 0 Å². The lowest BCUT2D eigenvalue weighted by molar-refractivity contribution is -0.143. The van der Waals surface area contributed by atoms with Gasteiger partial charge in [-0.25, -0.2) is 8.78 Å². The van der Waals surface area contributed by atoms with Crippen molar-refractivity contribution in [2.45, 2.75) is 39.7 Å². The molecule has 0 aliphatic carbocycles. The topological polar surface area (TPSA) is 35.5 Å². The monoisotopic (exact) mass is 448 g/mol. The van der Waals surface area contributed by atoms with Gasteiger partial charge in [0, 0.05) is 12.0 Å². The van der Waals surface area contributed by atoms with E-state index in [2.05, 4.69) is 0 Å². The third-order valence-corrected chi connectivity index (χ3v) is 5.68. The Morgan fingerprint density at radius 3 is 2.26 bits per heavy atom. The number of hydrogen-bond donors (Lipinski definition) is 0. The normalized spacial score (nSPS) is 10.9. The maximum Gasteiger partial charge on any atom is 0.306 e. The molecule has 0 unspecified atom stereocenters. The van der Waals surface area contributed by atoms with Crippen LogP contribution in [-0.4, -0.2) is 12.6 Å². The Balaban J connectivity index is 1.73. The number of rotatable bonds is 9. The summed E-state index contributed by atoms with van der Waals surface area (Å²) in [5.41, 5.74) is 2.93. The largest absolute Gasteiger partial charge is 0.482 e. The summed E-state index contributed by atoms with van der Waals surface area (Å²) in [7, 11) is 0. The number of carbonyl (C=O) groups is 1. The van der Waals surface area contributed by atoms with Gasteiger partial charge in [-0.1, -0.05) is 31.2 Å². The molecule has 1 aromatic heterocycles. The summed E-state index contributed by atoms with van der Waals surface area (Å²) in [6.07, 6.45) is 1.07. The predicted molar refractivity (Wildman–Crippen MR) is 115 cm³/mol. The molecule has 0 saturated heterocycles. The van der Waals surface area contributed by atoms with E-state index in [1.165, 1.54) is 6.07 Å². The number of carbonyl (C=O) groups excluding carboxylic acids is 1. The average molecular weight is 449 g/mol. The maximum atomic E-state index is 14.4. The number of hydrogen-bond acceptors (Lipinski definition) is 4. The summed E-state index contributed by atoms with van der Waals surface area (Å²) >= 11 is 0.881. The molecule has 0 bridgehead atoms. The summed E-state index contributed by atoms with van der Waals surface area (Å²) in [4.78, 5) is 12.0. The zero-order valence-corrected chi connectivity index (χ0v) is 18.2. The Bertz CT molecular complexity index is 1020. The van der Waals surface area contributed by atoms with Crippen LogP contribution in [0.5, 0.6) is 5.75 Å². The van der Waals surface area contributed by atoms with Crippen LogP contribution in [0.25, 0.3) is 11.1 Å². The van der Waals surface area contributed by atoms with E-state index in [-0.39, 0.29) is 26.1 Å². The molecule has 0 amide bonds. The van der Waals surface area contributed by atoms with Gasteiger partial charge in [0.25, 0.3) is 0 Å². The van der Waals surface area contributed by atoms with E-state index in [9.17, 15) is 18.0 Å². The van der Waals surface area contributed by atoms with Crippen molar-refractivity contribution in [1.29, 1.82) is 0 Å². The first-order valence-electron chi connectivity index (χ1n) is 10.0. The van der Waals surface area contributed by atoms with E-state index < -0.39 is 28.5 Å². The fraction of sp³-hybridized carbons (Fsp3) is 0.292. The van der Waals surface area contributed by atoms with E-state index in [0.29, 0.717) is 16.0 Å². The van der Waals surface area contributed by atoms with Crippen molar-refractivity contribution in [3.63, 3.8) is 0 Å². The summed E-state index contributed by atoms with van der Waals surface area (Å²) in [5, 5.41) is -0.400. The Morgan fingerprint density at radius 1 is 0.968 bits per heavy atom. The molecule has 2 aromatic carbocycles. The highest BCUT2D eigenvalue weighted by atomic mass is 32.1. The van der Waals surface area contributed by atoms with Gasteiger partial charge in [0.1, 0.15) is 6.61 Å². The summed E-state index contributed by atoms with van der Waals surface area (Å²) < 4.78 is 53.0. The standard InChI is InChI=1S/C24H23F3O3S/c1-3-15-5-8-17(9-6-15)18-13-22(27)31-21(18)14-30-24-19(25)11-16(12-20(24)26)7-10-23(28)29-4-2/h5-6,8-9,11-13H,3-4,7,10,14H2,1-2H3. The number of esters is 1. The molecule has 0 N–H and O–H groups in total. The highest BCUT2D eigenvalue weighted by molar-refractivity contribution is 7.10. The first-order chi connectivity index (χ1) is 14.9. The van der Waals surface area contributed by atoms with E-state index in [0.717, 1.165) is 41.0 Å². The second kappa shape index (κ2) is 10.5. The second-order valence-corrected chi connectivity index (χ2v) is 8.01. The second-order valence-electron chi connectivity index (χ2n) is 6.92. The minimum atomic E-state index is -0.871. The molecule has 7 heteroatoms. The Labute approximate surface area is 183 Å². The molecule has 0 atom stereocenters. The van der Waals surface area contributed by atoms with Crippen LogP contribution in [0, 0.1) is 16.8 Å². The zero-order chi connectivity index (χ0) is 22.4. The zero-order valence-electron chi connectivity index (χ0n) is 17.3. The van der Waals surface area contributed by atoms with Crippen LogP contribution >= 0.6 is 11.3 Å². The molecule has 0 spiro atoms. The minimum Gasteiger partial charge on any atom is -0.482 e. The van der Waals surface area contributed by atoms with E-state index in [1.807, 2.05) is 31.2 Å². The van der Waals surface area contributed by atoms with Crippen LogP contribution in [0.2, 0.25) is 0 Å². The molecule has 3 nitrogen and oxygen atoms in total. The molecular weight excluding hydrogens is 425 g/mol. The van der Waals surface area contributed by atoms with Gasteiger partial charge in [0.15, 0.2) is 22.5 Å². The van der Waals surface area contributed by atoms with Crippen LogP contribution in [0.15, 0.2) is 42.5 Å². The van der Waals surface area contributed by atoms with Gasteiger partial charge in [0.05, 0.1) is 11.5 Å². The van der Waals surface area contributed by atoms with Crippen molar-refractivity contribution < 1.29 is 27.4 Å². The van der Waals surface area contributed by atoms with Gasteiger partial charge in [-0.3, -0.25) is 4.79 Å². The number of aryl methyl sites for hydroxylation is 2. The first kappa shape index (κ1) is 22.9. The minimum absolute atomic E-state index is 0.0293. The fourth-order valence-electron chi connectivity index (χ4n) is 3.18. The number of thiophene rings is 1. The summed E-state index contributed by atoms with van der Waals surface area (Å²) in [6.45, 7) is 3.82. The van der Waals surface area contributed by atoms with Gasteiger partial charge in [0.2, 0.25) is 0 Å². The predicted octanol–water partition coefficient (Wildman–Crippen LogP) is 6.47. The third-order valence-electron chi connectivity index (χ3n) is 4.78. The van der Waals surface area contributed by atoms with Crippen LogP contribution in [0.1, 0.15) is 36.3 Å². The lowest BCUT2D eigenvalue weighted by atomic mass is 10.0. The molecular formula is C24H23F3O3S. The van der Waals surface area contributed by atoms with Gasteiger partial charge in [-0.15, -0.1) is 11.3 Å². The Hall–Kier alpha value is -2.80.